The molecule has 1 N–H and O–H groups in total. The van der Waals surface area contributed by atoms with Gasteiger partial charge in [-0.1, -0.05) is 244 Å². The monoisotopic (exact) mass is 789 g/mol. The quantitative estimate of drug-likeness (QED) is 0.0378. The van der Waals surface area contributed by atoms with Crippen molar-refractivity contribution >= 4 is 11.9 Å². The Morgan fingerprint density at radius 1 is 0.411 bits per heavy atom. The molecule has 0 heterocycles. The zero-order chi connectivity index (χ0) is 40.7. The summed E-state index contributed by atoms with van der Waals surface area (Å²) >= 11 is 0. The zero-order valence-corrected chi connectivity index (χ0v) is 37.7. The molecule has 0 aliphatic rings. The van der Waals surface area contributed by atoms with Crippen LogP contribution >= 0.6 is 0 Å². The van der Waals surface area contributed by atoms with E-state index in [1.54, 1.807) is 0 Å². The SMILES string of the molecule is CCC/C=C\C/C=C\CCCCCCCC(=O)OC(CO)COC(=O)CCCCCCCCCCCCCCCCCCCCCCCCCCCCCCC. The minimum Gasteiger partial charge on any atom is -0.462 e. The predicted molar refractivity (Wildman–Crippen MR) is 242 cm³/mol. The molecular weight excluding hydrogens is 693 g/mol. The molecular formula is C51H96O5. The van der Waals surface area contributed by atoms with Gasteiger partial charge in [0.1, 0.15) is 6.61 Å². The number of unbranched alkanes of at least 4 members (excludes halogenated alkanes) is 34. The number of rotatable bonds is 46. The first-order chi connectivity index (χ1) is 27.6. The van der Waals surface area contributed by atoms with Crippen LogP contribution in [0.1, 0.15) is 271 Å². The van der Waals surface area contributed by atoms with E-state index in [0.717, 1.165) is 57.8 Å². The standard InChI is InChI=1S/C51H96O5/c1-3-5-7-9-11-13-15-17-18-19-20-21-22-23-24-25-26-27-28-29-30-31-32-34-35-37-39-41-43-45-50(53)55-48-49(47-52)56-51(54)46-44-42-40-38-36-33-16-14-12-10-8-6-4-2/h8,10,14,16,49,52H,3-7,9,11-13,15,17-48H2,1-2H3/b10-8-,16-14-. The van der Waals surface area contributed by atoms with Gasteiger partial charge in [0.05, 0.1) is 6.61 Å². The lowest BCUT2D eigenvalue weighted by molar-refractivity contribution is -0.161. The van der Waals surface area contributed by atoms with Crippen molar-refractivity contribution in [2.45, 2.75) is 277 Å². The number of carbonyl (C=O) groups excluding carboxylic acids is 2. The molecule has 5 heteroatoms. The van der Waals surface area contributed by atoms with E-state index >= 15 is 0 Å². The van der Waals surface area contributed by atoms with Crippen molar-refractivity contribution in [1.29, 1.82) is 0 Å². The van der Waals surface area contributed by atoms with Crippen LogP contribution in [-0.4, -0.2) is 36.4 Å². The molecule has 0 aromatic rings. The van der Waals surface area contributed by atoms with Crippen molar-refractivity contribution in [3.8, 4) is 0 Å². The van der Waals surface area contributed by atoms with Gasteiger partial charge in [0, 0.05) is 12.8 Å². The summed E-state index contributed by atoms with van der Waals surface area (Å²) in [6.45, 7) is 4.09. The molecule has 0 saturated heterocycles. The Balaban J connectivity index is 3.40. The van der Waals surface area contributed by atoms with Crippen molar-refractivity contribution in [2.75, 3.05) is 13.2 Å². The van der Waals surface area contributed by atoms with Crippen LogP contribution in [0.3, 0.4) is 0 Å². The molecule has 0 bridgehead atoms. The minimum absolute atomic E-state index is 0.0669. The van der Waals surface area contributed by atoms with Crippen molar-refractivity contribution in [2.24, 2.45) is 0 Å². The van der Waals surface area contributed by atoms with Gasteiger partial charge in [0.15, 0.2) is 6.10 Å². The number of hydrogen-bond donors (Lipinski definition) is 1. The van der Waals surface area contributed by atoms with E-state index in [-0.39, 0.29) is 25.2 Å². The fourth-order valence-electron chi connectivity index (χ4n) is 7.48. The summed E-state index contributed by atoms with van der Waals surface area (Å²) in [5.41, 5.74) is 0. The molecule has 0 saturated carbocycles. The summed E-state index contributed by atoms with van der Waals surface area (Å²) in [7, 11) is 0. The molecule has 56 heavy (non-hydrogen) atoms. The van der Waals surface area contributed by atoms with Gasteiger partial charge in [-0.25, -0.2) is 0 Å². The fraction of sp³-hybridized carbons (Fsp3) is 0.882. The smallest absolute Gasteiger partial charge is 0.306 e. The second kappa shape index (κ2) is 47.8. The van der Waals surface area contributed by atoms with E-state index in [4.69, 9.17) is 9.47 Å². The minimum atomic E-state index is -0.774. The van der Waals surface area contributed by atoms with Gasteiger partial charge < -0.3 is 14.6 Å². The lowest BCUT2D eigenvalue weighted by Crippen LogP contribution is -2.28. The highest BCUT2D eigenvalue weighted by Crippen LogP contribution is 2.17. The molecule has 0 rings (SSSR count). The first kappa shape index (κ1) is 54.4. The summed E-state index contributed by atoms with van der Waals surface area (Å²) in [6, 6.07) is 0. The van der Waals surface area contributed by atoms with Crippen LogP contribution in [0.5, 0.6) is 0 Å². The highest BCUT2D eigenvalue weighted by atomic mass is 16.6. The first-order valence-electron chi connectivity index (χ1n) is 24.9. The lowest BCUT2D eigenvalue weighted by Gasteiger charge is -2.15. The van der Waals surface area contributed by atoms with E-state index in [2.05, 4.69) is 38.2 Å². The van der Waals surface area contributed by atoms with E-state index < -0.39 is 6.10 Å². The second-order valence-electron chi connectivity index (χ2n) is 16.9. The van der Waals surface area contributed by atoms with Crippen LogP contribution < -0.4 is 0 Å². The largest absolute Gasteiger partial charge is 0.462 e. The molecule has 0 radical (unpaired) electrons. The number of aliphatic hydroxyl groups is 1. The Kier molecular flexibility index (Phi) is 46.4. The van der Waals surface area contributed by atoms with Crippen molar-refractivity contribution in [3.63, 3.8) is 0 Å². The maximum atomic E-state index is 12.2. The van der Waals surface area contributed by atoms with E-state index in [9.17, 15) is 14.7 Å². The average molecular weight is 789 g/mol. The zero-order valence-electron chi connectivity index (χ0n) is 37.7. The first-order valence-corrected chi connectivity index (χ1v) is 24.9. The van der Waals surface area contributed by atoms with Crippen molar-refractivity contribution in [3.05, 3.63) is 24.3 Å². The molecule has 0 spiro atoms. The van der Waals surface area contributed by atoms with Gasteiger partial charge in [0.25, 0.3) is 0 Å². The summed E-state index contributed by atoms with van der Waals surface area (Å²) in [5.74, 6) is -0.595. The van der Waals surface area contributed by atoms with Gasteiger partial charge >= 0.3 is 11.9 Å². The number of carbonyl (C=O) groups is 2. The maximum absolute atomic E-state index is 12.2. The highest BCUT2D eigenvalue weighted by molar-refractivity contribution is 5.70. The van der Waals surface area contributed by atoms with Crippen LogP contribution in [0.4, 0.5) is 0 Å². The normalized spacial score (nSPS) is 12.3. The summed E-state index contributed by atoms with van der Waals surface area (Å²) in [6.07, 6.45) is 58.6. The lowest BCUT2D eigenvalue weighted by atomic mass is 10.0. The molecule has 330 valence electrons. The average Bonchev–Trinajstić information content (AvgIpc) is 3.20. The van der Waals surface area contributed by atoms with Crippen molar-refractivity contribution < 1.29 is 24.2 Å². The van der Waals surface area contributed by atoms with Gasteiger partial charge in [-0.05, 0) is 38.5 Å². The maximum Gasteiger partial charge on any atom is 0.306 e. The van der Waals surface area contributed by atoms with Gasteiger partial charge in [-0.3, -0.25) is 9.59 Å². The molecule has 0 aromatic carbocycles. The topological polar surface area (TPSA) is 72.8 Å². The molecule has 0 aliphatic carbocycles. The van der Waals surface area contributed by atoms with Crippen LogP contribution in [0, 0.1) is 0 Å². The second-order valence-corrected chi connectivity index (χ2v) is 16.9. The molecule has 0 aromatic heterocycles. The fourth-order valence-corrected chi connectivity index (χ4v) is 7.48. The molecule has 5 nitrogen and oxygen atoms in total. The van der Waals surface area contributed by atoms with Crippen LogP contribution in [0.25, 0.3) is 0 Å². The Morgan fingerprint density at radius 2 is 0.750 bits per heavy atom. The Bertz CT molecular complexity index is 851. The highest BCUT2D eigenvalue weighted by Gasteiger charge is 2.16. The third-order valence-corrected chi connectivity index (χ3v) is 11.2. The van der Waals surface area contributed by atoms with Crippen LogP contribution in [0.2, 0.25) is 0 Å². The van der Waals surface area contributed by atoms with Crippen LogP contribution in [-0.2, 0) is 19.1 Å². The molecule has 0 fully saturated rings. The van der Waals surface area contributed by atoms with E-state index in [1.807, 2.05) is 0 Å². The summed E-state index contributed by atoms with van der Waals surface area (Å²) < 4.78 is 10.6. The Hall–Kier alpha value is -1.62. The number of allylic oxidation sites excluding steroid dienone is 4. The number of hydrogen-bond acceptors (Lipinski definition) is 5. The third kappa shape index (κ3) is 45.1. The summed E-state index contributed by atoms with van der Waals surface area (Å²) in [4.78, 5) is 24.3. The van der Waals surface area contributed by atoms with E-state index in [1.165, 1.54) is 186 Å². The third-order valence-electron chi connectivity index (χ3n) is 11.2. The molecule has 1 atom stereocenters. The number of ether oxygens (including phenoxy) is 2. The van der Waals surface area contributed by atoms with Crippen LogP contribution in [0.15, 0.2) is 24.3 Å². The molecule has 0 amide bonds. The van der Waals surface area contributed by atoms with Gasteiger partial charge in [-0.15, -0.1) is 0 Å². The molecule has 1 unspecified atom stereocenters. The number of esters is 2. The Morgan fingerprint density at radius 3 is 1.12 bits per heavy atom. The number of aliphatic hydroxyl groups excluding tert-OH is 1. The summed E-state index contributed by atoms with van der Waals surface area (Å²) in [5, 5.41) is 9.58. The molecule has 0 aliphatic heterocycles. The van der Waals surface area contributed by atoms with Gasteiger partial charge in [-0.2, -0.15) is 0 Å². The Labute approximate surface area is 349 Å². The van der Waals surface area contributed by atoms with Crippen molar-refractivity contribution in [1.82, 2.24) is 0 Å². The van der Waals surface area contributed by atoms with Gasteiger partial charge in [0.2, 0.25) is 0 Å². The predicted octanol–water partition coefficient (Wildman–Crippen LogP) is 16.2. The van der Waals surface area contributed by atoms with E-state index in [0.29, 0.717) is 12.8 Å².